The monoisotopic (exact) mass is 215 g/mol. The Hall–Kier alpha value is -1.10. The number of nitrogens with two attached hydrogens (primary N) is 1. The van der Waals surface area contributed by atoms with E-state index in [-0.39, 0.29) is 2.85 Å². The highest BCUT2D eigenvalue weighted by molar-refractivity contribution is 5.35. The molecule has 1 aromatic carbocycles. The molecular weight excluding hydrogens is 190 g/mol. The largest absolute Gasteiger partial charge is 0.399 e. The number of nitrogen functional groups attached to an aromatic ring is 1. The van der Waals surface area contributed by atoms with Gasteiger partial charge >= 0.3 is 0 Å². The highest BCUT2D eigenvalue weighted by Gasteiger charge is 2.13. The summed E-state index contributed by atoms with van der Waals surface area (Å²) in [5.74, 6) is 0. The summed E-state index contributed by atoms with van der Waals surface area (Å²) in [6.07, 6.45) is 0. The quantitative estimate of drug-likeness (QED) is 0.425. The van der Waals surface area contributed by atoms with Crippen LogP contribution in [0.5, 0.6) is 0 Å². The maximum Gasteiger partial charge on any atom is 0.0568 e. The lowest BCUT2D eigenvalue weighted by atomic mass is 10.2. The van der Waals surface area contributed by atoms with E-state index in [2.05, 4.69) is 10.8 Å². The molecule has 1 fully saturated rings. The molecule has 0 amide bonds. The van der Waals surface area contributed by atoms with Gasteiger partial charge in [0.2, 0.25) is 0 Å². The van der Waals surface area contributed by atoms with E-state index in [0.717, 1.165) is 18.8 Å². The van der Waals surface area contributed by atoms with Crippen LogP contribution in [0.25, 0.3) is 0 Å². The molecule has 0 aromatic heterocycles. The maximum atomic E-state index is 8.10. The van der Waals surface area contributed by atoms with Gasteiger partial charge in [0.05, 0.1) is 6.04 Å². The molecule has 0 spiro atoms. The van der Waals surface area contributed by atoms with Crippen LogP contribution < -0.4 is 16.5 Å². The zero-order chi connectivity index (χ0) is 11.5. The summed E-state index contributed by atoms with van der Waals surface area (Å²) in [5.41, 5.74) is 8.32. The van der Waals surface area contributed by atoms with Crippen LogP contribution in [0.3, 0.4) is 0 Å². The Morgan fingerprint density at radius 3 is 2.00 bits per heavy atom. The van der Waals surface area contributed by atoms with Crippen molar-refractivity contribution in [1.29, 1.82) is 0 Å². The zero-order valence-corrected chi connectivity index (χ0v) is 9.40. The Balaban J connectivity index is -0.000000184. The molecule has 1 saturated heterocycles. The molecule has 0 unspecified atom stereocenters. The predicted octanol–water partition coefficient (Wildman–Crippen LogP) is 1.72. The molecule has 15 heavy (non-hydrogen) atoms. The van der Waals surface area contributed by atoms with E-state index in [9.17, 15) is 0 Å². The molecule has 0 atom stereocenters. The Morgan fingerprint density at radius 2 is 1.87 bits per heavy atom. The molecule has 4 nitrogen and oxygen atoms in total. The first kappa shape index (κ1) is 13.9. The summed E-state index contributed by atoms with van der Waals surface area (Å²) in [5, 5.41) is 11.1. The van der Waals surface area contributed by atoms with Gasteiger partial charge in [-0.05, 0) is 12.1 Å². The molecule has 1 aliphatic rings. The third kappa shape index (κ3) is 6.90. The van der Waals surface area contributed by atoms with Gasteiger partial charge in [-0.15, -0.1) is 0 Å². The summed E-state index contributed by atoms with van der Waals surface area (Å²) < 4.78 is 0. The Labute approximate surface area is 94.4 Å². The van der Waals surface area contributed by atoms with Crippen molar-refractivity contribution in [1.82, 2.24) is 10.8 Å². The van der Waals surface area contributed by atoms with Crippen molar-refractivity contribution in [2.75, 3.05) is 18.8 Å². The van der Waals surface area contributed by atoms with Crippen molar-refractivity contribution in [2.45, 2.75) is 19.9 Å². The molecule has 0 aliphatic carbocycles. The van der Waals surface area contributed by atoms with Gasteiger partial charge in [0.1, 0.15) is 0 Å². The lowest BCUT2D eigenvalue weighted by Gasteiger charge is -2.24. The second-order valence-corrected chi connectivity index (χ2v) is 2.89. The van der Waals surface area contributed by atoms with Crippen molar-refractivity contribution in [2.24, 2.45) is 0 Å². The fourth-order valence-corrected chi connectivity index (χ4v) is 0.833. The van der Waals surface area contributed by atoms with E-state index in [1.54, 1.807) is 0 Å². The molecular formula is C11H25N3O. The second-order valence-electron chi connectivity index (χ2n) is 2.89. The van der Waals surface area contributed by atoms with Crippen molar-refractivity contribution in [3.63, 3.8) is 0 Å². The third-order valence-corrected chi connectivity index (χ3v) is 1.76. The minimum absolute atomic E-state index is 0. The highest BCUT2D eigenvalue weighted by atomic mass is 16.5. The molecule has 1 aliphatic heterocycles. The van der Waals surface area contributed by atoms with Crippen molar-refractivity contribution in [3.8, 4) is 0 Å². The number of anilines is 1. The SMILES string of the molecule is CC.Nc1ccccc1.ONC1CNC1.[HH].[HH]. The molecule has 5 N–H and O–H groups in total. The number of hydroxylamine groups is 1. The number of hydrogen-bond donors (Lipinski definition) is 4. The van der Waals surface area contributed by atoms with E-state index in [0.29, 0.717) is 6.04 Å². The smallest absolute Gasteiger partial charge is 0.0568 e. The molecule has 1 aromatic rings. The highest BCUT2D eigenvalue weighted by Crippen LogP contribution is 1.95. The number of hydrogen-bond acceptors (Lipinski definition) is 4. The van der Waals surface area contributed by atoms with Crippen LogP contribution in [0, 0.1) is 0 Å². The van der Waals surface area contributed by atoms with Gasteiger partial charge in [0.25, 0.3) is 0 Å². The first-order valence-corrected chi connectivity index (χ1v) is 5.24. The second kappa shape index (κ2) is 9.45. The van der Waals surface area contributed by atoms with Gasteiger partial charge in [-0.2, -0.15) is 5.48 Å². The average Bonchev–Trinajstić information content (AvgIpc) is 2.21. The average molecular weight is 215 g/mol. The third-order valence-electron chi connectivity index (χ3n) is 1.76. The molecule has 0 radical (unpaired) electrons. The van der Waals surface area contributed by atoms with Gasteiger partial charge in [0.15, 0.2) is 0 Å². The van der Waals surface area contributed by atoms with Crippen LogP contribution in [0.2, 0.25) is 0 Å². The van der Waals surface area contributed by atoms with E-state index in [4.69, 9.17) is 10.9 Å². The van der Waals surface area contributed by atoms with E-state index in [1.807, 2.05) is 44.2 Å². The number of nitrogens with one attached hydrogen (secondary N) is 2. The minimum atomic E-state index is 0. The van der Waals surface area contributed by atoms with Crippen LogP contribution in [-0.4, -0.2) is 24.3 Å². The van der Waals surface area contributed by atoms with Crippen LogP contribution >= 0.6 is 0 Å². The Bertz CT molecular complexity index is 231. The van der Waals surface area contributed by atoms with Gasteiger partial charge < -0.3 is 16.3 Å². The fraction of sp³-hybridized carbons (Fsp3) is 0.455. The summed E-state index contributed by atoms with van der Waals surface area (Å²) in [6, 6.07) is 9.80. The van der Waals surface area contributed by atoms with Crippen molar-refractivity contribution >= 4 is 5.69 Å². The van der Waals surface area contributed by atoms with E-state index in [1.165, 1.54) is 0 Å². The summed E-state index contributed by atoms with van der Waals surface area (Å²) in [7, 11) is 0. The van der Waals surface area contributed by atoms with Gasteiger partial charge in [0, 0.05) is 21.6 Å². The molecule has 4 heteroatoms. The number of benzene rings is 1. The Kier molecular flexibility index (Phi) is 8.76. The first-order valence-electron chi connectivity index (χ1n) is 5.24. The lowest BCUT2D eigenvalue weighted by Crippen LogP contribution is -2.54. The number of rotatable bonds is 1. The fourth-order valence-electron chi connectivity index (χ4n) is 0.833. The zero-order valence-electron chi connectivity index (χ0n) is 9.40. The van der Waals surface area contributed by atoms with E-state index >= 15 is 0 Å². The molecule has 1 heterocycles. The summed E-state index contributed by atoms with van der Waals surface area (Å²) >= 11 is 0. The van der Waals surface area contributed by atoms with Gasteiger partial charge in [-0.1, -0.05) is 32.0 Å². The molecule has 90 valence electrons. The molecule has 2 rings (SSSR count). The van der Waals surface area contributed by atoms with Gasteiger partial charge in [-0.3, -0.25) is 0 Å². The topological polar surface area (TPSA) is 70.3 Å². The van der Waals surface area contributed by atoms with Crippen LogP contribution in [0.15, 0.2) is 30.3 Å². The lowest BCUT2D eigenvalue weighted by molar-refractivity contribution is 0.101. The standard InChI is InChI=1S/C6H7N.C3H8N2O.C2H6.2H2/c7-6-4-2-1-3-5-6;6-5-3-1-4-2-3;1-2;;/h1-5H,7H2;3-6H,1-2H2;1-2H3;2*1H. The van der Waals surface area contributed by atoms with Crippen LogP contribution in [0.4, 0.5) is 5.69 Å². The molecule has 0 bridgehead atoms. The first-order chi connectivity index (χ1) is 7.33. The summed E-state index contributed by atoms with van der Waals surface area (Å²) in [4.78, 5) is 0. The maximum absolute atomic E-state index is 8.10. The number of para-hydroxylation sites is 1. The van der Waals surface area contributed by atoms with E-state index < -0.39 is 0 Å². The predicted molar refractivity (Wildman–Crippen MR) is 68.0 cm³/mol. The Morgan fingerprint density at radius 1 is 1.33 bits per heavy atom. The van der Waals surface area contributed by atoms with Crippen LogP contribution in [-0.2, 0) is 0 Å². The minimum Gasteiger partial charge on any atom is -0.399 e. The summed E-state index contributed by atoms with van der Waals surface area (Å²) in [6.45, 7) is 5.80. The van der Waals surface area contributed by atoms with Crippen molar-refractivity contribution in [3.05, 3.63) is 30.3 Å². The van der Waals surface area contributed by atoms with Crippen LogP contribution in [0.1, 0.15) is 16.7 Å². The van der Waals surface area contributed by atoms with Crippen molar-refractivity contribution < 1.29 is 8.06 Å². The normalized spacial score (nSPS) is 13.8. The van der Waals surface area contributed by atoms with Gasteiger partial charge in [-0.25, -0.2) is 0 Å². The molecule has 0 saturated carbocycles.